The minimum Gasteiger partial charge on any atom is -0.468 e. The molecular weight excluding hydrogens is 256 g/mol. The standard InChI is InChI=1S/C12H9ClN2O3/c1-18-12(17)7-5-15-8-2-3-14-11(13)6(8)4-9(15)10(7)16/h2-4,7H,5H2,1H3/t7-/m1/s1. The van der Waals surface area contributed by atoms with E-state index in [4.69, 9.17) is 11.6 Å². The van der Waals surface area contributed by atoms with E-state index in [1.165, 1.54) is 7.11 Å². The second-order valence-corrected chi connectivity index (χ2v) is 4.47. The van der Waals surface area contributed by atoms with Crippen LogP contribution in [-0.4, -0.2) is 28.4 Å². The van der Waals surface area contributed by atoms with Crippen molar-refractivity contribution < 1.29 is 14.3 Å². The maximum Gasteiger partial charge on any atom is 0.318 e. The largest absolute Gasteiger partial charge is 0.468 e. The van der Waals surface area contributed by atoms with Crippen LogP contribution in [0.4, 0.5) is 0 Å². The number of halogens is 1. The Morgan fingerprint density at radius 1 is 1.61 bits per heavy atom. The molecule has 18 heavy (non-hydrogen) atoms. The zero-order valence-electron chi connectivity index (χ0n) is 9.51. The van der Waals surface area contributed by atoms with Gasteiger partial charge in [0, 0.05) is 18.1 Å². The zero-order valence-corrected chi connectivity index (χ0v) is 10.3. The SMILES string of the molecule is COC(=O)[C@@H]1Cn2c(cc3c(Cl)nccc32)C1=O. The minimum absolute atomic E-state index is 0.228. The van der Waals surface area contributed by atoms with E-state index in [9.17, 15) is 9.59 Å². The Morgan fingerprint density at radius 3 is 3.11 bits per heavy atom. The van der Waals surface area contributed by atoms with Gasteiger partial charge in [0.05, 0.1) is 18.3 Å². The molecule has 0 radical (unpaired) electrons. The lowest BCUT2D eigenvalue weighted by atomic mass is 10.1. The molecule has 1 atom stereocenters. The molecule has 1 aliphatic rings. The van der Waals surface area contributed by atoms with Crippen molar-refractivity contribution in [2.45, 2.75) is 6.54 Å². The first-order chi connectivity index (χ1) is 8.63. The number of ketones is 1. The molecule has 0 spiro atoms. The highest BCUT2D eigenvalue weighted by Crippen LogP contribution is 2.32. The molecule has 2 aromatic heterocycles. The van der Waals surface area contributed by atoms with Gasteiger partial charge in [-0.15, -0.1) is 0 Å². The van der Waals surface area contributed by atoms with Crippen molar-refractivity contribution in [3.8, 4) is 0 Å². The molecule has 92 valence electrons. The number of aromatic nitrogens is 2. The molecule has 5 nitrogen and oxygen atoms in total. The van der Waals surface area contributed by atoms with Gasteiger partial charge in [-0.1, -0.05) is 11.6 Å². The molecule has 0 aromatic carbocycles. The molecule has 0 unspecified atom stereocenters. The minimum atomic E-state index is -0.749. The van der Waals surface area contributed by atoms with Crippen molar-refractivity contribution in [1.82, 2.24) is 9.55 Å². The number of methoxy groups -OCH3 is 1. The van der Waals surface area contributed by atoms with Crippen molar-refractivity contribution in [1.29, 1.82) is 0 Å². The van der Waals surface area contributed by atoms with Crippen molar-refractivity contribution in [3.05, 3.63) is 29.2 Å². The van der Waals surface area contributed by atoms with Crippen LogP contribution in [0.3, 0.4) is 0 Å². The van der Waals surface area contributed by atoms with Crippen LogP contribution in [0.25, 0.3) is 10.9 Å². The molecule has 2 aromatic rings. The summed E-state index contributed by atoms with van der Waals surface area (Å²) in [5.41, 5.74) is 1.29. The van der Waals surface area contributed by atoms with Crippen LogP contribution < -0.4 is 0 Å². The number of fused-ring (bicyclic) bond motifs is 3. The quantitative estimate of drug-likeness (QED) is 0.447. The first-order valence-corrected chi connectivity index (χ1v) is 5.77. The van der Waals surface area contributed by atoms with Crippen LogP contribution >= 0.6 is 11.6 Å². The predicted octanol–water partition coefficient (Wildman–Crippen LogP) is 1.68. The van der Waals surface area contributed by atoms with Gasteiger partial charge in [-0.25, -0.2) is 4.98 Å². The fourth-order valence-electron chi connectivity index (χ4n) is 2.32. The third-order valence-electron chi connectivity index (χ3n) is 3.20. The zero-order chi connectivity index (χ0) is 12.9. The summed E-state index contributed by atoms with van der Waals surface area (Å²) in [6.07, 6.45) is 1.58. The highest BCUT2D eigenvalue weighted by molar-refractivity contribution is 6.34. The van der Waals surface area contributed by atoms with Gasteiger partial charge in [-0.2, -0.15) is 0 Å². The molecule has 0 N–H and O–H groups in total. The van der Waals surface area contributed by atoms with E-state index in [1.54, 1.807) is 22.9 Å². The topological polar surface area (TPSA) is 61.2 Å². The summed E-state index contributed by atoms with van der Waals surface area (Å²) in [6, 6.07) is 3.45. The van der Waals surface area contributed by atoms with Gasteiger partial charge in [0.2, 0.25) is 0 Å². The fourth-order valence-corrected chi connectivity index (χ4v) is 2.53. The van der Waals surface area contributed by atoms with E-state index in [1.807, 2.05) is 0 Å². The van der Waals surface area contributed by atoms with Gasteiger partial charge in [0.15, 0.2) is 5.78 Å². The van der Waals surface area contributed by atoms with Gasteiger partial charge >= 0.3 is 5.97 Å². The number of Topliss-reactive ketones (excluding diaryl/α,β-unsaturated/α-hetero) is 1. The maximum atomic E-state index is 12.1. The lowest BCUT2D eigenvalue weighted by molar-refractivity contribution is -0.143. The van der Waals surface area contributed by atoms with Crippen molar-refractivity contribution in [2.24, 2.45) is 5.92 Å². The summed E-state index contributed by atoms with van der Waals surface area (Å²) in [4.78, 5) is 27.6. The Kier molecular flexibility index (Phi) is 2.38. The Morgan fingerprint density at radius 2 is 2.39 bits per heavy atom. The van der Waals surface area contributed by atoms with Crippen molar-refractivity contribution in [2.75, 3.05) is 7.11 Å². The molecule has 0 amide bonds. The highest BCUT2D eigenvalue weighted by Gasteiger charge is 2.38. The van der Waals surface area contributed by atoms with Gasteiger partial charge in [0.1, 0.15) is 11.1 Å². The van der Waals surface area contributed by atoms with E-state index in [2.05, 4.69) is 9.72 Å². The molecule has 6 heteroatoms. The van der Waals surface area contributed by atoms with Gasteiger partial charge in [-0.05, 0) is 12.1 Å². The normalized spacial score (nSPS) is 18.1. The fraction of sp³-hybridized carbons (Fsp3) is 0.250. The van der Waals surface area contributed by atoms with Crippen molar-refractivity contribution >= 4 is 34.3 Å². The second kappa shape index (κ2) is 3.81. The number of nitrogens with zero attached hydrogens (tertiary/aromatic N) is 2. The molecule has 3 rings (SSSR count). The van der Waals surface area contributed by atoms with Gasteiger partial charge < -0.3 is 9.30 Å². The molecular formula is C12H9ClN2O3. The summed E-state index contributed by atoms with van der Waals surface area (Å²) in [6.45, 7) is 0.296. The number of hydrogen-bond acceptors (Lipinski definition) is 4. The van der Waals surface area contributed by atoms with Gasteiger partial charge in [0.25, 0.3) is 0 Å². The molecule has 0 fully saturated rings. The lowest BCUT2D eigenvalue weighted by Gasteiger charge is -2.05. The van der Waals surface area contributed by atoms with Crippen LogP contribution in [0.5, 0.6) is 0 Å². The Labute approximate surface area is 107 Å². The third kappa shape index (κ3) is 1.37. The summed E-state index contributed by atoms with van der Waals surface area (Å²) in [5.74, 6) is -1.48. The van der Waals surface area contributed by atoms with E-state index in [0.717, 1.165) is 10.9 Å². The monoisotopic (exact) mass is 264 g/mol. The Balaban J connectivity index is 2.15. The number of pyridine rings is 1. The average molecular weight is 265 g/mol. The smallest absolute Gasteiger partial charge is 0.318 e. The van der Waals surface area contributed by atoms with E-state index >= 15 is 0 Å². The maximum absolute atomic E-state index is 12.1. The predicted molar refractivity (Wildman–Crippen MR) is 64.6 cm³/mol. The van der Waals surface area contributed by atoms with Crippen LogP contribution in [0, 0.1) is 5.92 Å². The summed E-state index contributed by atoms with van der Waals surface area (Å²) < 4.78 is 6.41. The molecule has 1 aliphatic heterocycles. The van der Waals surface area contributed by atoms with Crippen LogP contribution in [-0.2, 0) is 16.1 Å². The molecule has 0 bridgehead atoms. The van der Waals surface area contributed by atoms with Crippen LogP contribution in [0.2, 0.25) is 5.15 Å². The molecule has 3 heterocycles. The van der Waals surface area contributed by atoms with Crippen LogP contribution in [0.1, 0.15) is 10.5 Å². The number of hydrogen-bond donors (Lipinski definition) is 0. The third-order valence-corrected chi connectivity index (χ3v) is 3.50. The first-order valence-electron chi connectivity index (χ1n) is 5.39. The Bertz CT molecular complexity index is 677. The van der Waals surface area contributed by atoms with E-state index in [-0.39, 0.29) is 5.78 Å². The summed E-state index contributed by atoms with van der Waals surface area (Å²) >= 11 is 5.97. The second-order valence-electron chi connectivity index (χ2n) is 4.11. The lowest BCUT2D eigenvalue weighted by Crippen LogP contribution is -2.22. The molecule has 0 saturated carbocycles. The Hall–Kier alpha value is -1.88. The number of ether oxygens (including phenoxy) is 1. The number of carbonyl (C=O) groups excluding carboxylic acids is 2. The summed E-state index contributed by atoms with van der Waals surface area (Å²) in [7, 11) is 1.28. The number of rotatable bonds is 1. The number of carbonyl (C=O) groups is 2. The van der Waals surface area contributed by atoms with E-state index in [0.29, 0.717) is 17.4 Å². The van der Waals surface area contributed by atoms with Gasteiger partial charge in [-0.3, -0.25) is 9.59 Å². The average Bonchev–Trinajstić information content (AvgIpc) is 2.88. The van der Waals surface area contributed by atoms with E-state index < -0.39 is 11.9 Å². The highest BCUT2D eigenvalue weighted by atomic mass is 35.5. The summed E-state index contributed by atoms with van der Waals surface area (Å²) in [5, 5.41) is 1.09. The first kappa shape index (κ1) is 11.2. The van der Waals surface area contributed by atoms with Crippen molar-refractivity contribution in [3.63, 3.8) is 0 Å². The molecule has 0 saturated heterocycles. The van der Waals surface area contributed by atoms with Crippen LogP contribution in [0.15, 0.2) is 18.3 Å². The number of esters is 1. The molecule has 0 aliphatic carbocycles.